The topological polar surface area (TPSA) is 108 Å². The minimum Gasteiger partial charge on any atom is -0.480 e. The zero-order chi connectivity index (χ0) is 14.0. The van der Waals surface area contributed by atoms with E-state index in [0.717, 1.165) is 4.90 Å². The summed E-state index contributed by atoms with van der Waals surface area (Å²) in [6.45, 7) is 0.254. The minimum absolute atomic E-state index is 0.0328. The zero-order valence-corrected chi connectivity index (χ0v) is 10.5. The van der Waals surface area contributed by atoms with Gasteiger partial charge in [-0.2, -0.15) is 5.10 Å². The first-order valence-corrected chi connectivity index (χ1v) is 5.91. The summed E-state index contributed by atoms with van der Waals surface area (Å²) in [7, 11) is 1.77. The van der Waals surface area contributed by atoms with Gasteiger partial charge in [-0.15, -0.1) is 0 Å². The molecule has 1 fully saturated rings. The number of nitrogens with zero attached hydrogens (tertiary/aromatic N) is 3. The molecule has 3 N–H and O–H groups in total. The summed E-state index contributed by atoms with van der Waals surface area (Å²) in [5.41, 5.74) is 0.683. The fraction of sp³-hybridized carbons (Fsp3) is 0.545. The van der Waals surface area contributed by atoms with Crippen molar-refractivity contribution in [3.8, 4) is 0 Å². The fourth-order valence-corrected chi connectivity index (χ4v) is 2.10. The van der Waals surface area contributed by atoms with Gasteiger partial charge in [0.1, 0.15) is 6.04 Å². The van der Waals surface area contributed by atoms with E-state index in [2.05, 4.69) is 10.4 Å². The molecule has 104 valence electrons. The number of aliphatic hydroxyl groups is 1. The first-order valence-electron chi connectivity index (χ1n) is 5.91. The summed E-state index contributed by atoms with van der Waals surface area (Å²) in [5.74, 6) is -1.11. The second-order valence-electron chi connectivity index (χ2n) is 4.54. The van der Waals surface area contributed by atoms with Gasteiger partial charge in [0.15, 0.2) is 0 Å². The summed E-state index contributed by atoms with van der Waals surface area (Å²) in [6, 6.07) is 0.279. The van der Waals surface area contributed by atoms with Crippen LogP contribution in [0.15, 0.2) is 12.3 Å². The lowest BCUT2D eigenvalue weighted by Crippen LogP contribution is -2.46. The highest BCUT2D eigenvalue weighted by Crippen LogP contribution is 2.18. The van der Waals surface area contributed by atoms with Gasteiger partial charge in [0.25, 0.3) is 0 Å². The average molecular weight is 268 g/mol. The molecule has 1 aromatic heterocycles. The van der Waals surface area contributed by atoms with E-state index >= 15 is 0 Å². The van der Waals surface area contributed by atoms with E-state index in [-0.39, 0.29) is 19.5 Å². The van der Waals surface area contributed by atoms with Crippen molar-refractivity contribution in [2.24, 2.45) is 7.05 Å². The van der Waals surface area contributed by atoms with Gasteiger partial charge in [0.05, 0.1) is 18.3 Å². The summed E-state index contributed by atoms with van der Waals surface area (Å²) in [6.07, 6.45) is 1.02. The SMILES string of the molecule is Cn1ccc(CNC(=O)N2CC(O)CC2C(=O)O)n1. The third-order valence-electron chi connectivity index (χ3n) is 3.01. The molecular formula is C11H16N4O4. The molecule has 2 amide bonds. The number of aromatic nitrogens is 2. The predicted molar refractivity (Wildman–Crippen MR) is 64.2 cm³/mol. The van der Waals surface area contributed by atoms with Gasteiger partial charge in [0.2, 0.25) is 0 Å². The minimum atomic E-state index is -1.11. The van der Waals surface area contributed by atoms with Crippen LogP contribution in [0.2, 0.25) is 0 Å². The monoisotopic (exact) mass is 268 g/mol. The molecule has 8 heteroatoms. The van der Waals surface area contributed by atoms with E-state index in [9.17, 15) is 14.7 Å². The Hall–Kier alpha value is -2.09. The molecule has 2 rings (SSSR count). The van der Waals surface area contributed by atoms with Gasteiger partial charge >= 0.3 is 12.0 Å². The summed E-state index contributed by atoms with van der Waals surface area (Å²) >= 11 is 0. The van der Waals surface area contributed by atoms with Crippen LogP contribution in [0, 0.1) is 0 Å². The molecule has 0 spiro atoms. The van der Waals surface area contributed by atoms with Gasteiger partial charge in [-0.25, -0.2) is 9.59 Å². The Morgan fingerprint density at radius 2 is 2.32 bits per heavy atom. The first kappa shape index (κ1) is 13.3. The lowest BCUT2D eigenvalue weighted by atomic mass is 10.2. The van der Waals surface area contributed by atoms with Crippen molar-refractivity contribution in [1.82, 2.24) is 20.0 Å². The molecule has 0 aromatic carbocycles. The summed E-state index contributed by atoms with van der Waals surface area (Å²) in [4.78, 5) is 24.0. The number of likely N-dealkylation sites (tertiary alicyclic amines) is 1. The standard InChI is InChI=1S/C11H16N4O4/c1-14-3-2-7(13-14)5-12-11(19)15-6-8(16)4-9(15)10(17)18/h2-3,8-9,16H,4-6H2,1H3,(H,12,19)(H,17,18). The van der Waals surface area contributed by atoms with Gasteiger partial charge in [-0.05, 0) is 6.07 Å². The van der Waals surface area contributed by atoms with Crippen molar-refractivity contribution in [1.29, 1.82) is 0 Å². The number of urea groups is 1. The Kier molecular flexibility index (Phi) is 3.70. The number of rotatable bonds is 3. The van der Waals surface area contributed by atoms with Gasteiger partial charge in [-0.3, -0.25) is 4.68 Å². The quantitative estimate of drug-likeness (QED) is 0.662. The molecule has 1 aromatic rings. The van der Waals surface area contributed by atoms with Crippen LogP contribution < -0.4 is 5.32 Å². The molecule has 2 unspecified atom stereocenters. The Balaban J connectivity index is 1.93. The number of amides is 2. The van der Waals surface area contributed by atoms with E-state index in [1.807, 2.05) is 0 Å². The molecule has 2 heterocycles. The number of carboxylic acid groups (broad SMARTS) is 1. The van der Waals surface area contributed by atoms with Crippen LogP contribution >= 0.6 is 0 Å². The largest absolute Gasteiger partial charge is 0.480 e. The zero-order valence-electron chi connectivity index (χ0n) is 10.5. The van der Waals surface area contributed by atoms with Gasteiger partial charge in [-0.1, -0.05) is 0 Å². The average Bonchev–Trinajstić information content (AvgIpc) is 2.92. The Bertz CT molecular complexity index is 487. The van der Waals surface area contributed by atoms with Gasteiger partial charge in [0, 0.05) is 26.2 Å². The molecule has 19 heavy (non-hydrogen) atoms. The van der Waals surface area contributed by atoms with Crippen molar-refractivity contribution >= 4 is 12.0 Å². The number of hydrogen-bond acceptors (Lipinski definition) is 4. The van der Waals surface area contributed by atoms with E-state index in [0.29, 0.717) is 5.69 Å². The first-order chi connectivity index (χ1) is 8.97. The van der Waals surface area contributed by atoms with E-state index < -0.39 is 24.1 Å². The number of aliphatic hydroxyl groups excluding tert-OH is 1. The van der Waals surface area contributed by atoms with Crippen LogP contribution in [0.3, 0.4) is 0 Å². The van der Waals surface area contributed by atoms with Crippen LogP contribution in [0.5, 0.6) is 0 Å². The van der Waals surface area contributed by atoms with Crippen molar-refractivity contribution < 1.29 is 19.8 Å². The third-order valence-corrected chi connectivity index (χ3v) is 3.01. The predicted octanol–water partition coefficient (Wildman–Crippen LogP) is -0.850. The van der Waals surface area contributed by atoms with Crippen LogP contribution in [0.1, 0.15) is 12.1 Å². The molecule has 1 aliphatic heterocycles. The Labute approximate surface area is 109 Å². The van der Waals surface area contributed by atoms with E-state index in [1.165, 1.54) is 0 Å². The number of β-amino-alcohol motifs (C(OH)–C–C–N with tert-alkyl or cyclic N) is 1. The van der Waals surface area contributed by atoms with Gasteiger partial charge < -0.3 is 20.4 Å². The number of carbonyl (C=O) groups is 2. The van der Waals surface area contributed by atoms with Crippen LogP contribution in [-0.4, -0.2) is 55.6 Å². The lowest BCUT2D eigenvalue weighted by Gasteiger charge is -2.21. The Morgan fingerprint density at radius 1 is 1.58 bits per heavy atom. The molecule has 1 aliphatic rings. The molecule has 0 aliphatic carbocycles. The van der Waals surface area contributed by atoms with Crippen LogP contribution in [0.25, 0.3) is 0 Å². The molecular weight excluding hydrogens is 252 g/mol. The maximum atomic E-state index is 11.9. The number of carboxylic acids is 1. The maximum Gasteiger partial charge on any atom is 0.326 e. The fourth-order valence-electron chi connectivity index (χ4n) is 2.10. The third kappa shape index (κ3) is 3.02. The second kappa shape index (κ2) is 5.27. The smallest absolute Gasteiger partial charge is 0.326 e. The van der Waals surface area contributed by atoms with Crippen molar-refractivity contribution in [2.75, 3.05) is 6.54 Å². The van der Waals surface area contributed by atoms with Crippen molar-refractivity contribution in [3.05, 3.63) is 18.0 Å². The van der Waals surface area contributed by atoms with Crippen molar-refractivity contribution in [2.45, 2.75) is 25.1 Å². The Morgan fingerprint density at radius 3 is 2.89 bits per heavy atom. The molecule has 0 saturated carbocycles. The number of aryl methyl sites for hydroxylation is 1. The lowest BCUT2D eigenvalue weighted by molar-refractivity contribution is -0.141. The van der Waals surface area contributed by atoms with Crippen LogP contribution in [-0.2, 0) is 18.4 Å². The number of hydrogen-bond donors (Lipinski definition) is 3. The highest BCUT2D eigenvalue weighted by Gasteiger charge is 2.38. The molecule has 2 atom stereocenters. The molecule has 1 saturated heterocycles. The number of nitrogens with one attached hydrogen (secondary N) is 1. The summed E-state index contributed by atoms with van der Waals surface area (Å²) in [5, 5.41) is 25.1. The maximum absolute atomic E-state index is 11.9. The molecule has 8 nitrogen and oxygen atoms in total. The molecule has 0 bridgehead atoms. The second-order valence-corrected chi connectivity index (χ2v) is 4.54. The molecule has 0 radical (unpaired) electrons. The highest BCUT2D eigenvalue weighted by atomic mass is 16.4. The van der Waals surface area contributed by atoms with E-state index in [4.69, 9.17) is 5.11 Å². The summed E-state index contributed by atoms with van der Waals surface area (Å²) < 4.78 is 1.61. The normalized spacial score (nSPS) is 22.5. The van der Waals surface area contributed by atoms with Crippen LogP contribution in [0.4, 0.5) is 4.79 Å². The highest BCUT2D eigenvalue weighted by molar-refractivity contribution is 5.83. The number of aliphatic carboxylic acids is 1. The van der Waals surface area contributed by atoms with E-state index in [1.54, 1.807) is 24.0 Å². The van der Waals surface area contributed by atoms with Crippen molar-refractivity contribution in [3.63, 3.8) is 0 Å². The number of carbonyl (C=O) groups excluding carboxylic acids is 1.